The van der Waals surface area contributed by atoms with E-state index < -0.39 is 15.9 Å². The van der Waals surface area contributed by atoms with Crippen molar-refractivity contribution in [3.05, 3.63) is 46.8 Å². The lowest BCUT2D eigenvalue weighted by molar-refractivity contribution is -0.116. The van der Waals surface area contributed by atoms with E-state index in [0.29, 0.717) is 23.7 Å². The van der Waals surface area contributed by atoms with E-state index in [4.69, 9.17) is 9.47 Å². The van der Waals surface area contributed by atoms with Crippen molar-refractivity contribution in [1.82, 2.24) is 4.72 Å². The van der Waals surface area contributed by atoms with Gasteiger partial charge in [-0.15, -0.1) is 11.3 Å². The van der Waals surface area contributed by atoms with Crippen LogP contribution in [0.1, 0.15) is 12.5 Å². The molecule has 0 saturated heterocycles. The maximum atomic E-state index is 12.3. The first-order valence-corrected chi connectivity index (χ1v) is 9.57. The number of benzene rings is 1. The second kappa shape index (κ2) is 6.66. The maximum absolute atomic E-state index is 12.3. The second-order valence-electron chi connectivity index (χ2n) is 4.96. The summed E-state index contributed by atoms with van der Waals surface area (Å²) in [7, 11) is -3.86. The van der Waals surface area contributed by atoms with Gasteiger partial charge in [-0.25, -0.2) is 13.1 Å². The maximum Gasteiger partial charge on any atom is 0.273 e. The average Bonchev–Trinajstić information content (AvgIpc) is 3.09. The third-order valence-electron chi connectivity index (χ3n) is 3.28. The van der Waals surface area contributed by atoms with Gasteiger partial charge in [0.05, 0.1) is 12.2 Å². The van der Waals surface area contributed by atoms with Crippen LogP contribution in [0, 0.1) is 0 Å². The van der Waals surface area contributed by atoms with Crippen molar-refractivity contribution in [3.8, 4) is 11.5 Å². The van der Waals surface area contributed by atoms with Gasteiger partial charge in [0.1, 0.15) is 22.3 Å². The Morgan fingerprint density at radius 3 is 2.92 bits per heavy atom. The first-order valence-electron chi connectivity index (χ1n) is 7.20. The summed E-state index contributed by atoms with van der Waals surface area (Å²) in [6, 6.07) is 8.34. The van der Waals surface area contributed by atoms with Gasteiger partial charge in [0.25, 0.3) is 15.9 Å². The van der Waals surface area contributed by atoms with Crippen molar-refractivity contribution in [1.29, 1.82) is 0 Å². The standard InChI is InChI=1S/C16H15NO5S2/c1-2-21-13-5-6-14-11(9-13)8-12(10-22-14)16(18)17-24(19,20)15-4-3-7-23-15/h3-9H,2,10H2,1H3,(H,17,18). The smallest absolute Gasteiger partial charge is 0.273 e. The number of amides is 1. The van der Waals surface area contributed by atoms with Crippen molar-refractivity contribution in [2.24, 2.45) is 0 Å². The van der Waals surface area contributed by atoms with Crippen LogP contribution >= 0.6 is 11.3 Å². The van der Waals surface area contributed by atoms with Crippen LogP contribution in [-0.4, -0.2) is 27.5 Å². The van der Waals surface area contributed by atoms with E-state index in [1.807, 2.05) is 6.92 Å². The molecule has 0 spiro atoms. The number of rotatable bonds is 5. The minimum atomic E-state index is -3.86. The summed E-state index contributed by atoms with van der Waals surface area (Å²) in [6.07, 6.45) is 1.61. The van der Waals surface area contributed by atoms with Gasteiger partial charge in [-0.05, 0) is 42.6 Å². The molecule has 0 fully saturated rings. The fourth-order valence-electron chi connectivity index (χ4n) is 2.20. The molecule has 3 rings (SSSR count). The van der Waals surface area contributed by atoms with Crippen LogP contribution in [-0.2, 0) is 14.8 Å². The molecular weight excluding hydrogens is 350 g/mol. The second-order valence-corrected chi connectivity index (χ2v) is 7.81. The molecular formula is C16H15NO5S2. The highest BCUT2D eigenvalue weighted by Gasteiger charge is 2.23. The van der Waals surface area contributed by atoms with E-state index in [1.54, 1.807) is 35.7 Å². The minimum absolute atomic E-state index is 0.00672. The summed E-state index contributed by atoms with van der Waals surface area (Å²) in [5.74, 6) is 0.580. The lowest BCUT2D eigenvalue weighted by atomic mass is 10.1. The van der Waals surface area contributed by atoms with Crippen molar-refractivity contribution < 1.29 is 22.7 Å². The molecule has 1 aromatic heterocycles. The molecule has 1 aliphatic heterocycles. The van der Waals surface area contributed by atoms with E-state index in [0.717, 1.165) is 11.3 Å². The highest BCUT2D eigenvalue weighted by atomic mass is 32.2. The van der Waals surface area contributed by atoms with Crippen molar-refractivity contribution >= 4 is 33.3 Å². The zero-order valence-corrected chi connectivity index (χ0v) is 14.4. The number of hydrogen-bond donors (Lipinski definition) is 1. The van der Waals surface area contributed by atoms with E-state index in [1.165, 1.54) is 6.07 Å². The van der Waals surface area contributed by atoms with Gasteiger partial charge in [0.2, 0.25) is 0 Å². The van der Waals surface area contributed by atoms with Gasteiger partial charge in [-0.1, -0.05) is 6.07 Å². The van der Waals surface area contributed by atoms with Crippen LogP contribution in [0.5, 0.6) is 11.5 Å². The number of carbonyl (C=O) groups excluding carboxylic acids is 1. The molecule has 1 amide bonds. The Morgan fingerprint density at radius 1 is 1.38 bits per heavy atom. The zero-order chi connectivity index (χ0) is 17.2. The van der Waals surface area contributed by atoms with Crippen LogP contribution in [0.15, 0.2) is 45.5 Å². The number of carbonyl (C=O) groups is 1. The van der Waals surface area contributed by atoms with Gasteiger partial charge in [0.15, 0.2) is 0 Å². The first-order chi connectivity index (χ1) is 11.5. The highest BCUT2D eigenvalue weighted by Crippen LogP contribution is 2.30. The van der Waals surface area contributed by atoms with Gasteiger partial charge in [0, 0.05) is 5.56 Å². The Bertz CT molecular complexity index is 885. The fraction of sp³-hybridized carbons (Fsp3) is 0.188. The van der Waals surface area contributed by atoms with Crippen LogP contribution in [0.25, 0.3) is 6.08 Å². The normalized spacial score (nSPS) is 13.5. The van der Waals surface area contributed by atoms with Crippen LogP contribution < -0.4 is 14.2 Å². The molecule has 0 saturated carbocycles. The molecule has 0 radical (unpaired) electrons. The van der Waals surface area contributed by atoms with Crippen molar-refractivity contribution in [2.45, 2.75) is 11.1 Å². The Balaban J connectivity index is 1.82. The molecule has 1 aliphatic rings. The third-order valence-corrected chi connectivity index (χ3v) is 6.01. The molecule has 126 valence electrons. The Labute approximate surface area is 143 Å². The third kappa shape index (κ3) is 3.44. The largest absolute Gasteiger partial charge is 0.494 e. The topological polar surface area (TPSA) is 81.7 Å². The van der Waals surface area contributed by atoms with Crippen molar-refractivity contribution in [2.75, 3.05) is 13.2 Å². The van der Waals surface area contributed by atoms with Crippen LogP contribution in [0.4, 0.5) is 0 Å². The average molecular weight is 365 g/mol. The number of nitrogens with one attached hydrogen (secondary N) is 1. The van der Waals surface area contributed by atoms with Crippen LogP contribution in [0.3, 0.4) is 0 Å². The predicted molar refractivity (Wildman–Crippen MR) is 90.7 cm³/mol. The molecule has 6 nitrogen and oxygen atoms in total. The molecule has 2 heterocycles. The van der Waals surface area contributed by atoms with E-state index >= 15 is 0 Å². The monoisotopic (exact) mass is 365 g/mol. The summed E-state index contributed by atoms with van der Waals surface area (Å²) < 4.78 is 37.3. The number of fused-ring (bicyclic) bond motifs is 1. The lowest BCUT2D eigenvalue weighted by Crippen LogP contribution is -2.33. The SMILES string of the molecule is CCOc1ccc2c(c1)C=C(C(=O)NS(=O)(=O)c1cccs1)CO2. The Kier molecular flexibility index (Phi) is 4.59. The quantitative estimate of drug-likeness (QED) is 0.880. The van der Waals surface area contributed by atoms with Gasteiger partial charge >= 0.3 is 0 Å². The molecule has 8 heteroatoms. The summed E-state index contributed by atoms with van der Waals surface area (Å²) in [4.78, 5) is 12.3. The fourth-order valence-corrected chi connectivity index (χ4v) is 4.18. The molecule has 24 heavy (non-hydrogen) atoms. The number of hydrogen-bond acceptors (Lipinski definition) is 6. The zero-order valence-electron chi connectivity index (χ0n) is 12.8. The molecule has 1 aromatic carbocycles. The van der Waals surface area contributed by atoms with Gasteiger partial charge < -0.3 is 9.47 Å². The summed E-state index contributed by atoms with van der Waals surface area (Å²) >= 11 is 1.04. The van der Waals surface area contributed by atoms with E-state index in [2.05, 4.69) is 4.72 Å². The lowest BCUT2D eigenvalue weighted by Gasteiger charge is -2.18. The van der Waals surface area contributed by atoms with E-state index in [-0.39, 0.29) is 16.4 Å². The van der Waals surface area contributed by atoms with Crippen LogP contribution in [0.2, 0.25) is 0 Å². The Hall–Kier alpha value is -2.32. The minimum Gasteiger partial charge on any atom is -0.494 e. The summed E-state index contributed by atoms with van der Waals surface area (Å²) in [6.45, 7) is 2.41. The molecule has 2 aromatic rings. The Morgan fingerprint density at radius 2 is 2.21 bits per heavy atom. The molecule has 0 unspecified atom stereocenters. The molecule has 0 bridgehead atoms. The predicted octanol–water partition coefficient (Wildman–Crippen LogP) is 2.43. The van der Waals surface area contributed by atoms with Gasteiger partial charge in [-0.3, -0.25) is 4.79 Å². The number of thiophene rings is 1. The number of sulfonamides is 1. The van der Waals surface area contributed by atoms with E-state index in [9.17, 15) is 13.2 Å². The molecule has 0 atom stereocenters. The molecule has 0 aliphatic carbocycles. The molecule has 1 N–H and O–H groups in total. The first kappa shape index (κ1) is 16.5. The van der Waals surface area contributed by atoms with Gasteiger partial charge in [-0.2, -0.15) is 0 Å². The summed E-state index contributed by atoms with van der Waals surface area (Å²) in [5, 5.41) is 1.63. The van der Waals surface area contributed by atoms with Crippen molar-refractivity contribution in [3.63, 3.8) is 0 Å². The number of ether oxygens (including phenoxy) is 2. The highest BCUT2D eigenvalue weighted by molar-refractivity contribution is 7.92. The summed E-state index contributed by atoms with van der Waals surface area (Å²) in [5.41, 5.74) is 0.905.